The average molecular weight is 848 g/mol. The summed E-state index contributed by atoms with van der Waals surface area (Å²) in [5.41, 5.74) is 6.14. The van der Waals surface area contributed by atoms with Gasteiger partial charge in [-0.05, 0) is 88.2 Å². The van der Waals surface area contributed by atoms with E-state index < -0.39 is 17.6 Å². The van der Waals surface area contributed by atoms with Gasteiger partial charge in [0.25, 0.3) is 5.56 Å². The third kappa shape index (κ3) is 7.40. The molecule has 0 unspecified atom stereocenters. The lowest BCUT2D eigenvalue weighted by atomic mass is 9.77. The van der Waals surface area contributed by atoms with Gasteiger partial charge in [-0.1, -0.05) is 153 Å². The topological polar surface area (TPSA) is 117 Å². The highest BCUT2D eigenvalue weighted by molar-refractivity contribution is 5.83. The van der Waals surface area contributed by atoms with Gasteiger partial charge >= 0.3 is 5.97 Å². The highest BCUT2D eigenvalue weighted by atomic mass is 16.7. The van der Waals surface area contributed by atoms with Crippen LogP contribution in [0.3, 0.4) is 0 Å². The summed E-state index contributed by atoms with van der Waals surface area (Å²) in [7, 11) is 0. The number of aryl methyl sites for hydroxylation is 1. The van der Waals surface area contributed by atoms with E-state index in [-0.39, 0.29) is 11.1 Å². The zero-order valence-electron chi connectivity index (χ0n) is 36.0. The van der Waals surface area contributed by atoms with Crippen LogP contribution in [-0.4, -0.2) is 59.0 Å². The number of tetrazole rings is 1. The fourth-order valence-corrected chi connectivity index (χ4v) is 9.67. The molecule has 0 bridgehead atoms. The number of carbonyl (C=O) groups excluding carboxylic acids is 1. The van der Waals surface area contributed by atoms with Crippen LogP contribution in [0.4, 0.5) is 0 Å². The van der Waals surface area contributed by atoms with Crippen molar-refractivity contribution in [2.45, 2.75) is 76.1 Å². The fourth-order valence-electron chi connectivity index (χ4n) is 9.67. The molecule has 0 aliphatic carbocycles. The molecule has 10 rings (SSSR count). The number of hydrogen-bond acceptors (Lipinski definition) is 9. The van der Waals surface area contributed by atoms with Crippen molar-refractivity contribution in [3.05, 3.63) is 196 Å². The quantitative estimate of drug-likeness (QED) is 0.0636. The van der Waals surface area contributed by atoms with Crippen molar-refractivity contribution in [2.24, 2.45) is 0 Å². The largest absolute Gasteiger partial charge is 0.425 e. The molecule has 2 fully saturated rings. The Balaban J connectivity index is 0.985. The summed E-state index contributed by atoms with van der Waals surface area (Å²) in [5.74, 6) is 1.18. The first-order chi connectivity index (χ1) is 31.4. The van der Waals surface area contributed by atoms with Crippen molar-refractivity contribution in [3.63, 3.8) is 0 Å². The molecule has 2 aliphatic rings. The second kappa shape index (κ2) is 17.2. The Bertz CT molecular complexity index is 2890. The molecule has 2 aliphatic heterocycles. The van der Waals surface area contributed by atoms with Crippen molar-refractivity contribution in [1.82, 2.24) is 34.8 Å². The van der Waals surface area contributed by atoms with E-state index >= 15 is 0 Å². The van der Waals surface area contributed by atoms with Crippen LogP contribution in [0.2, 0.25) is 0 Å². The van der Waals surface area contributed by atoms with Crippen LogP contribution in [0.15, 0.2) is 163 Å². The zero-order chi connectivity index (χ0) is 43.7. The van der Waals surface area contributed by atoms with Gasteiger partial charge in [-0.25, -0.2) is 14.5 Å². The normalized spacial score (nSPS) is 17.4. The molecule has 2 saturated heterocycles. The van der Waals surface area contributed by atoms with Crippen LogP contribution in [0.1, 0.15) is 74.0 Å². The number of esters is 1. The maximum Gasteiger partial charge on any atom is 0.342 e. The molecular weight excluding hydrogens is 799 g/mol. The molecule has 0 spiro atoms. The minimum absolute atomic E-state index is 0.153. The smallest absolute Gasteiger partial charge is 0.342 e. The Morgan fingerprint density at radius 2 is 1.45 bits per heavy atom. The minimum atomic E-state index is -0.904. The van der Waals surface area contributed by atoms with E-state index in [9.17, 15) is 9.59 Å². The molecule has 11 nitrogen and oxygen atoms in total. The van der Waals surface area contributed by atoms with E-state index in [0.717, 1.165) is 77.0 Å². The lowest BCUT2D eigenvalue weighted by Gasteiger charge is -2.36. The number of aromatic nitrogens is 6. The number of hydroxylamine groups is 2. The number of rotatable bonds is 13. The van der Waals surface area contributed by atoms with E-state index in [4.69, 9.17) is 24.9 Å². The van der Waals surface area contributed by atoms with E-state index in [1.54, 1.807) is 22.8 Å². The molecule has 0 amide bonds. The van der Waals surface area contributed by atoms with Crippen LogP contribution < -0.4 is 10.3 Å². The third-order valence-corrected chi connectivity index (χ3v) is 12.9. The zero-order valence-corrected chi connectivity index (χ0v) is 36.0. The number of ether oxygens (including phenoxy) is 1. The summed E-state index contributed by atoms with van der Waals surface area (Å²) >= 11 is 0. The number of carbonyl (C=O) groups is 1. The van der Waals surface area contributed by atoms with Gasteiger partial charge in [0.15, 0.2) is 11.9 Å². The molecule has 4 heterocycles. The van der Waals surface area contributed by atoms with Gasteiger partial charge in [0.2, 0.25) is 0 Å². The Morgan fingerprint density at radius 1 is 0.812 bits per heavy atom. The Labute approximate surface area is 371 Å². The summed E-state index contributed by atoms with van der Waals surface area (Å²) < 4.78 is 9.54. The Hall–Kier alpha value is -7.08. The highest BCUT2D eigenvalue weighted by Crippen LogP contribution is 2.44. The van der Waals surface area contributed by atoms with Gasteiger partial charge in [0.05, 0.1) is 17.4 Å². The summed E-state index contributed by atoms with van der Waals surface area (Å²) in [6.07, 6.45) is 4.44. The molecule has 2 aromatic heterocycles. The van der Waals surface area contributed by atoms with E-state index in [1.165, 1.54) is 0 Å². The fraction of sp³-hybridized carbons (Fsp3) is 0.245. The molecule has 6 aromatic carbocycles. The van der Waals surface area contributed by atoms with Gasteiger partial charge in [0, 0.05) is 30.5 Å². The van der Waals surface area contributed by atoms with Crippen LogP contribution in [0, 0.1) is 0 Å². The van der Waals surface area contributed by atoms with Crippen molar-refractivity contribution in [1.29, 1.82) is 0 Å². The first-order valence-corrected chi connectivity index (χ1v) is 22.2. The van der Waals surface area contributed by atoms with Crippen molar-refractivity contribution in [3.8, 4) is 28.3 Å². The van der Waals surface area contributed by atoms with Crippen molar-refractivity contribution in [2.75, 3.05) is 6.54 Å². The molecule has 8 aromatic rings. The lowest BCUT2D eigenvalue weighted by molar-refractivity contribution is -0.184. The van der Waals surface area contributed by atoms with Crippen molar-refractivity contribution >= 4 is 16.9 Å². The van der Waals surface area contributed by atoms with Crippen LogP contribution in [0.5, 0.6) is 5.75 Å². The van der Waals surface area contributed by atoms with Gasteiger partial charge < -0.3 is 4.74 Å². The summed E-state index contributed by atoms with van der Waals surface area (Å²) in [5, 5.41) is 16.2. The summed E-state index contributed by atoms with van der Waals surface area (Å²) in [6, 6.07) is 52.7. The molecule has 0 radical (unpaired) electrons. The molecule has 0 saturated carbocycles. The molecule has 64 heavy (non-hydrogen) atoms. The van der Waals surface area contributed by atoms with E-state index in [1.807, 2.05) is 76.5 Å². The Morgan fingerprint density at radius 3 is 2.09 bits per heavy atom. The monoisotopic (exact) mass is 847 g/mol. The molecular formula is C53H49N7O4. The number of hydrogen-bond donors (Lipinski definition) is 0. The standard InChI is InChI=1S/C53H49N7O4/c1-3-4-25-48-54-46-31-30-42(63-51(62)47-35-52(2)32-16-33-59(52)64-47)34-45(46)50(61)58(48)36-37-26-28-38(29-27-37)43-23-14-15-24-44(43)49-55-56-57-60(49)53(39-17-8-5-9-18-39,40-19-10-6-11-20-40)41-21-12-7-13-22-41/h5-15,17-24,26-31,34,47H,3-4,16,25,32-33,35-36H2,1-2H3/t47-,52-/m1/s1. The van der Waals surface area contributed by atoms with Crippen LogP contribution in [0.25, 0.3) is 33.4 Å². The van der Waals surface area contributed by atoms with Crippen molar-refractivity contribution < 1.29 is 14.4 Å². The van der Waals surface area contributed by atoms with Gasteiger partial charge in [-0.15, -0.1) is 5.10 Å². The number of fused-ring (bicyclic) bond motifs is 2. The van der Waals surface area contributed by atoms with Gasteiger partial charge in [0.1, 0.15) is 17.1 Å². The van der Waals surface area contributed by atoms with Crippen LogP contribution >= 0.6 is 0 Å². The average Bonchev–Trinajstić information content (AvgIpc) is 4.06. The maximum absolute atomic E-state index is 14.4. The van der Waals surface area contributed by atoms with E-state index in [0.29, 0.717) is 41.9 Å². The molecule has 0 N–H and O–H groups in total. The predicted octanol–water partition coefficient (Wildman–Crippen LogP) is 9.41. The van der Waals surface area contributed by atoms with Crippen LogP contribution in [-0.2, 0) is 28.1 Å². The lowest BCUT2D eigenvalue weighted by Crippen LogP contribution is -2.39. The number of unbranched alkanes of at least 4 members (excludes halogenated alkanes) is 1. The summed E-state index contributed by atoms with van der Waals surface area (Å²) in [4.78, 5) is 38.6. The minimum Gasteiger partial charge on any atom is -0.425 e. The Kier molecular flexibility index (Phi) is 11.0. The number of nitrogens with zero attached hydrogens (tertiary/aromatic N) is 7. The first kappa shape index (κ1) is 41.0. The van der Waals surface area contributed by atoms with Gasteiger partial charge in [-0.2, -0.15) is 5.06 Å². The molecule has 2 atom stereocenters. The summed E-state index contributed by atoms with van der Waals surface area (Å²) in [6.45, 7) is 5.38. The predicted molar refractivity (Wildman–Crippen MR) is 246 cm³/mol. The molecule has 320 valence electrons. The second-order valence-corrected chi connectivity index (χ2v) is 17.1. The SMILES string of the molecule is CCCCc1nc2ccc(OC(=O)[C@H]3C[C@@]4(C)CCCN4O3)cc2c(=O)n1Cc1ccc(-c2ccccc2-c2nnnn2C(c2ccccc2)(c2ccccc2)c2ccccc2)cc1. The maximum atomic E-state index is 14.4. The third-order valence-electron chi connectivity index (χ3n) is 12.9. The second-order valence-electron chi connectivity index (χ2n) is 17.1. The number of benzene rings is 6. The van der Waals surface area contributed by atoms with Gasteiger partial charge in [-0.3, -0.25) is 14.2 Å². The highest BCUT2D eigenvalue weighted by Gasteiger charge is 2.49. The molecule has 11 heteroatoms. The van der Waals surface area contributed by atoms with E-state index in [2.05, 4.69) is 91.9 Å². The first-order valence-electron chi connectivity index (χ1n) is 22.2.